The van der Waals surface area contributed by atoms with Gasteiger partial charge in [-0.3, -0.25) is 9.69 Å². The highest BCUT2D eigenvalue weighted by atomic mass is 19.4. The number of hydrogen-bond donors (Lipinski definition) is 1. The predicted octanol–water partition coefficient (Wildman–Crippen LogP) is 7.81. The predicted molar refractivity (Wildman–Crippen MR) is 209 cm³/mol. The number of fused-ring (bicyclic) bond motifs is 1. The summed E-state index contributed by atoms with van der Waals surface area (Å²) in [4.78, 5) is 39.6. The van der Waals surface area contributed by atoms with Crippen LogP contribution in [0.15, 0.2) is 42.5 Å². The van der Waals surface area contributed by atoms with E-state index in [0.29, 0.717) is 23.4 Å². The molecule has 1 N–H and O–H groups in total. The number of methoxy groups -OCH3 is 2. The largest absolute Gasteiger partial charge is 0.489 e. The van der Waals surface area contributed by atoms with Crippen molar-refractivity contribution < 1.29 is 65.4 Å². The van der Waals surface area contributed by atoms with E-state index in [1.807, 2.05) is 27.7 Å². The first-order chi connectivity index (χ1) is 27.1. The van der Waals surface area contributed by atoms with Gasteiger partial charge in [0, 0.05) is 32.2 Å². The van der Waals surface area contributed by atoms with Gasteiger partial charge in [-0.1, -0.05) is 12.1 Å². The molecule has 0 saturated heterocycles. The fourth-order valence-electron chi connectivity index (χ4n) is 6.17. The van der Waals surface area contributed by atoms with E-state index < -0.39 is 54.7 Å². The van der Waals surface area contributed by atoms with Gasteiger partial charge in [-0.2, -0.15) is 13.2 Å². The quantitative estimate of drug-likeness (QED) is 0.112. The molecule has 2 atom stereocenters. The van der Waals surface area contributed by atoms with E-state index in [1.165, 1.54) is 36.2 Å². The van der Waals surface area contributed by atoms with Gasteiger partial charge in [-0.25, -0.2) is 9.59 Å². The summed E-state index contributed by atoms with van der Waals surface area (Å²) < 4.78 is 82.5. The third kappa shape index (κ3) is 12.4. The van der Waals surface area contributed by atoms with Crippen LogP contribution < -0.4 is 29.2 Å². The van der Waals surface area contributed by atoms with Gasteiger partial charge in [-0.15, -0.1) is 0 Å². The SMILES string of the molecule is COCOc1c(C)c(C)c2c(c1C)CCC(C)(COc1ccc(NC(=O)COc3ccc(CC(OCC(F)(F)F)C(=O)OC)cc3)c(N(C)C(=O)OC(C)(C)C)c1)O2. The minimum Gasteiger partial charge on any atom is -0.489 e. The fraction of sp³-hybridized carbons (Fsp3) is 0.500. The van der Waals surface area contributed by atoms with E-state index in [1.54, 1.807) is 46.1 Å². The molecule has 1 aliphatic heterocycles. The van der Waals surface area contributed by atoms with Crippen molar-refractivity contribution in [1.82, 2.24) is 0 Å². The third-order valence-corrected chi connectivity index (χ3v) is 9.33. The molecule has 0 aliphatic carbocycles. The van der Waals surface area contributed by atoms with Crippen LogP contribution in [-0.4, -0.2) is 89.3 Å². The second-order valence-electron chi connectivity index (χ2n) is 15.2. The van der Waals surface area contributed by atoms with Crippen LogP contribution in [0.4, 0.5) is 29.3 Å². The molecule has 1 aliphatic rings. The average Bonchev–Trinajstić information content (AvgIpc) is 3.16. The number of esters is 1. The van der Waals surface area contributed by atoms with E-state index in [9.17, 15) is 27.6 Å². The molecule has 13 nitrogen and oxygen atoms in total. The van der Waals surface area contributed by atoms with Gasteiger partial charge >= 0.3 is 18.2 Å². The second-order valence-corrected chi connectivity index (χ2v) is 15.2. The molecule has 1 heterocycles. The number of carbonyl (C=O) groups is 3. The Morgan fingerprint density at radius 1 is 0.931 bits per heavy atom. The summed E-state index contributed by atoms with van der Waals surface area (Å²) in [7, 11) is 4.15. The van der Waals surface area contributed by atoms with Crippen LogP contribution in [0.25, 0.3) is 0 Å². The average molecular weight is 819 g/mol. The normalized spacial score (nSPS) is 15.7. The van der Waals surface area contributed by atoms with Gasteiger partial charge in [0.25, 0.3) is 5.91 Å². The van der Waals surface area contributed by atoms with Crippen molar-refractivity contribution in [2.75, 3.05) is 58.1 Å². The molecule has 0 saturated carbocycles. The Hall–Kier alpha value is -5.22. The van der Waals surface area contributed by atoms with Crippen molar-refractivity contribution in [3.63, 3.8) is 0 Å². The van der Waals surface area contributed by atoms with Crippen LogP contribution in [0.2, 0.25) is 0 Å². The van der Waals surface area contributed by atoms with Gasteiger partial charge < -0.3 is 43.2 Å². The highest BCUT2D eigenvalue weighted by molar-refractivity contribution is 5.99. The lowest BCUT2D eigenvalue weighted by Crippen LogP contribution is -2.42. The smallest absolute Gasteiger partial charge is 0.414 e. The number of hydrogen-bond acceptors (Lipinski definition) is 11. The van der Waals surface area contributed by atoms with E-state index in [0.717, 1.165) is 47.3 Å². The number of carbonyl (C=O) groups excluding carboxylic acids is 3. The van der Waals surface area contributed by atoms with Gasteiger partial charge in [0.05, 0.1) is 18.5 Å². The van der Waals surface area contributed by atoms with E-state index >= 15 is 0 Å². The summed E-state index contributed by atoms with van der Waals surface area (Å²) in [6, 6.07) is 11.0. The highest BCUT2D eigenvalue weighted by Crippen LogP contribution is 2.44. The summed E-state index contributed by atoms with van der Waals surface area (Å²) in [6.45, 7) is 11.5. The lowest BCUT2D eigenvalue weighted by atomic mass is 9.87. The Balaban J connectivity index is 1.46. The highest BCUT2D eigenvalue weighted by Gasteiger charge is 2.36. The Kier molecular flexibility index (Phi) is 14.9. The van der Waals surface area contributed by atoms with Crippen LogP contribution in [0, 0.1) is 20.8 Å². The van der Waals surface area contributed by atoms with Crippen LogP contribution >= 0.6 is 0 Å². The van der Waals surface area contributed by atoms with Crippen LogP contribution in [-0.2, 0) is 41.4 Å². The lowest BCUT2D eigenvalue weighted by molar-refractivity contribution is -0.193. The number of halogens is 3. The number of ether oxygens (including phenoxy) is 8. The van der Waals surface area contributed by atoms with E-state index in [2.05, 4.69) is 10.1 Å². The Labute approximate surface area is 336 Å². The fourth-order valence-corrected chi connectivity index (χ4v) is 6.17. The number of anilines is 2. The van der Waals surface area contributed by atoms with Crippen molar-refractivity contribution in [2.45, 2.75) is 91.2 Å². The van der Waals surface area contributed by atoms with Crippen LogP contribution in [0.5, 0.6) is 23.0 Å². The Morgan fingerprint density at radius 2 is 1.60 bits per heavy atom. The first-order valence-corrected chi connectivity index (χ1v) is 18.6. The van der Waals surface area contributed by atoms with Gasteiger partial charge in [0.2, 0.25) is 0 Å². The summed E-state index contributed by atoms with van der Waals surface area (Å²) in [5.41, 5.74) is 3.60. The maximum atomic E-state index is 13.2. The first kappa shape index (κ1) is 45.5. The standard InChI is InChI=1S/C42H53F3N2O11/c1-25-26(2)37-31(27(3)36(25)56-24-51-9)17-18-41(7,57-37)22-54-30-15-16-32(33(20-30)47(8)39(50)58-40(4,5)6)46-35(48)21-53-29-13-11-28(12-14-29)19-34(38(49)52-10)55-23-42(43,44)45/h11-16,20,34H,17-19,21-24H2,1-10H3,(H,46,48). The van der Waals surface area contributed by atoms with Crippen molar-refractivity contribution in [2.24, 2.45) is 0 Å². The molecule has 58 heavy (non-hydrogen) atoms. The summed E-state index contributed by atoms with van der Waals surface area (Å²) in [5.74, 6) is 0.797. The molecule has 3 aromatic carbocycles. The van der Waals surface area contributed by atoms with E-state index in [4.69, 9.17) is 33.2 Å². The summed E-state index contributed by atoms with van der Waals surface area (Å²) >= 11 is 0. The summed E-state index contributed by atoms with van der Waals surface area (Å²) in [5, 5.41) is 2.78. The van der Waals surface area contributed by atoms with Crippen LogP contribution in [0.3, 0.4) is 0 Å². The molecule has 2 amide bonds. The molecule has 3 aromatic rings. The zero-order valence-corrected chi connectivity index (χ0v) is 34.6. The van der Waals surface area contributed by atoms with Crippen molar-refractivity contribution >= 4 is 29.3 Å². The molecular formula is C42H53F3N2O11. The maximum Gasteiger partial charge on any atom is 0.414 e. The minimum atomic E-state index is -4.62. The van der Waals surface area contributed by atoms with Crippen molar-refractivity contribution in [3.8, 4) is 23.0 Å². The van der Waals surface area contributed by atoms with Gasteiger partial charge in [0.1, 0.15) is 47.4 Å². The van der Waals surface area contributed by atoms with Crippen molar-refractivity contribution in [3.05, 3.63) is 70.3 Å². The van der Waals surface area contributed by atoms with E-state index in [-0.39, 0.29) is 31.3 Å². The molecule has 0 bridgehead atoms. The molecule has 0 spiro atoms. The molecule has 2 unspecified atom stereocenters. The summed E-state index contributed by atoms with van der Waals surface area (Å²) in [6.07, 6.45) is -5.52. The lowest BCUT2D eigenvalue weighted by Gasteiger charge is -2.38. The number of nitrogens with zero attached hydrogens (tertiary/aromatic N) is 1. The molecule has 16 heteroatoms. The zero-order chi connectivity index (χ0) is 43.0. The zero-order valence-electron chi connectivity index (χ0n) is 34.6. The Bertz CT molecular complexity index is 1930. The molecule has 0 fully saturated rings. The third-order valence-electron chi connectivity index (χ3n) is 9.33. The topological polar surface area (TPSA) is 140 Å². The molecular weight excluding hydrogens is 765 g/mol. The van der Waals surface area contributed by atoms with Crippen molar-refractivity contribution in [1.29, 1.82) is 0 Å². The van der Waals surface area contributed by atoms with Gasteiger partial charge in [0.15, 0.2) is 19.5 Å². The molecule has 0 radical (unpaired) electrons. The number of rotatable bonds is 16. The van der Waals surface area contributed by atoms with Crippen LogP contribution in [0.1, 0.15) is 61.9 Å². The minimum absolute atomic E-state index is 0.143. The molecule has 0 aromatic heterocycles. The Morgan fingerprint density at radius 3 is 2.22 bits per heavy atom. The monoisotopic (exact) mass is 818 g/mol. The number of amides is 2. The first-order valence-electron chi connectivity index (χ1n) is 18.6. The van der Waals surface area contributed by atoms with Gasteiger partial charge in [-0.05, 0) is 108 Å². The molecule has 318 valence electrons. The molecule has 4 rings (SSSR count). The number of benzene rings is 3. The number of alkyl halides is 3. The maximum absolute atomic E-state index is 13.2. The number of nitrogens with one attached hydrogen (secondary N) is 1. The second kappa shape index (κ2) is 19.0.